The number of hydrogen-bond acceptors (Lipinski definition) is 5. The van der Waals surface area contributed by atoms with Crippen LogP contribution in [0.2, 0.25) is 5.02 Å². The van der Waals surface area contributed by atoms with E-state index in [1.165, 1.54) is 31.0 Å². The van der Waals surface area contributed by atoms with Crippen LogP contribution in [0, 0.1) is 6.92 Å². The first-order valence-corrected chi connectivity index (χ1v) is 9.80. The summed E-state index contributed by atoms with van der Waals surface area (Å²) < 4.78 is 32.9. The van der Waals surface area contributed by atoms with Gasteiger partial charge in [0, 0.05) is 26.2 Å². The Morgan fingerprint density at radius 1 is 1.26 bits per heavy atom. The Morgan fingerprint density at radius 2 is 1.96 bits per heavy atom. The number of nitrogens with zero attached hydrogens (tertiary/aromatic N) is 1. The Labute approximate surface area is 162 Å². The third-order valence-corrected chi connectivity index (χ3v) is 5.47. The van der Waals surface area contributed by atoms with Gasteiger partial charge < -0.3 is 14.6 Å². The van der Waals surface area contributed by atoms with Gasteiger partial charge in [-0.1, -0.05) is 17.7 Å². The number of methoxy groups -OCH3 is 1. The van der Waals surface area contributed by atoms with E-state index in [2.05, 4.69) is 14.8 Å². The number of sulfonamides is 1. The third-order valence-electron chi connectivity index (χ3n) is 3.73. The summed E-state index contributed by atoms with van der Waals surface area (Å²) in [5.41, 5.74) is 1.52. The number of carbonyl (C=O) groups is 2. The van der Waals surface area contributed by atoms with Crippen molar-refractivity contribution < 1.29 is 22.7 Å². The molecule has 10 heteroatoms. The lowest BCUT2D eigenvalue weighted by Crippen LogP contribution is -2.27. The van der Waals surface area contributed by atoms with E-state index in [9.17, 15) is 18.0 Å². The van der Waals surface area contributed by atoms with Crippen molar-refractivity contribution in [1.82, 2.24) is 9.29 Å². The molecule has 0 aliphatic rings. The van der Waals surface area contributed by atoms with Crippen molar-refractivity contribution in [3.8, 4) is 0 Å². The monoisotopic (exact) mass is 413 g/mol. The number of rotatable bonds is 7. The van der Waals surface area contributed by atoms with E-state index >= 15 is 0 Å². The van der Waals surface area contributed by atoms with Crippen LogP contribution in [-0.2, 0) is 26.6 Å². The van der Waals surface area contributed by atoms with Crippen molar-refractivity contribution in [1.29, 1.82) is 0 Å². The molecule has 27 heavy (non-hydrogen) atoms. The second-order valence-electron chi connectivity index (χ2n) is 5.84. The summed E-state index contributed by atoms with van der Waals surface area (Å²) in [4.78, 5) is 23.5. The van der Waals surface area contributed by atoms with Crippen LogP contribution in [0.25, 0.3) is 0 Å². The fourth-order valence-corrected chi connectivity index (χ4v) is 3.69. The normalized spacial score (nSPS) is 11.3. The summed E-state index contributed by atoms with van der Waals surface area (Å²) in [6.07, 6.45) is 1.21. The molecule has 0 unspecified atom stereocenters. The SMILES string of the molecule is COC(=O)c1cc(S(=O)(=O)NCCC(=O)Nc2ccc(C)cc2Cl)cn1C. The smallest absolute Gasteiger partial charge is 0.354 e. The summed E-state index contributed by atoms with van der Waals surface area (Å²) in [7, 11) is -1.13. The summed E-state index contributed by atoms with van der Waals surface area (Å²) in [5, 5.41) is 3.03. The number of aromatic nitrogens is 1. The molecule has 1 aromatic carbocycles. The highest BCUT2D eigenvalue weighted by Gasteiger charge is 2.21. The van der Waals surface area contributed by atoms with Gasteiger partial charge in [0.2, 0.25) is 15.9 Å². The molecule has 0 aliphatic heterocycles. The molecule has 0 saturated heterocycles. The first-order chi connectivity index (χ1) is 12.6. The molecule has 0 saturated carbocycles. The van der Waals surface area contributed by atoms with Crippen LogP contribution in [0.4, 0.5) is 5.69 Å². The Hall–Kier alpha value is -2.36. The first kappa shape index (κ1) is 20.9. The Balaban J connectivity index is 1.95. The van der Waals surface area contributed by atoms with Gasteiger partial charge in [-0.2, -0.15) is 0 Å². The van der Waals surface area contributed by atoms with Crippen molar-refractivity contribution in [2.75, 3.05) is 19.0 Å². The Morgan fingerprint density at radius 3 is 2.59 bits per heavy atom. The maximum atomic E-state index is 12.3. The van der Waals surface area contributed by atoms with Gasteiger partial charge in [0.15, 0.2) is 0 Å². The quantitative estimate of drug-likeness (QED) is 0.676. The topological polar surface area (TPSA) is 106 Å². The van der Waals surface area contributed by atoms with E-state index in [-0.39, 0.29) is 29.5 Å². The molecule has 0 aliphatic carbocycles. The molecule has 0 bridgehead atoms. The fraction of sp³-hybridized carbons (Fsp3) is 0.294. The highest BCUT2D eigenvalue weighted by molar-refractivity contribution is 7.89. The van der Waals surface area contributed by atoms with E-state index in [0.29, 0.717) is 10.7 Å². The molecule has 0 atom stereocenters. The van der Waals surface area contributed by atoms with Crippen LogP contribution in [0.5, 0.6) is 0 Å². The summed E-state index contributed by atoms with van der Waals surface area (Å²) >= 11 is 6.05. The van der Waals surface area contributed by atoms with Gasteiger partial charge in [-0.3, -0.25) is 4.79 Å². The van der Waals surface area contributed by atoms with Crippen molar-refractivity contribution in [3.63, 3.8) is 0 Å². The largest absolute Gasteiger partial charge is 0.464 e. The summed E-state index contributed by atoms with van der Waals surface area (Å²) in [6, 6.07) is 6.41. The van der Waals surface area contributed by atoms with Crippen LogP contribution in [0.1, 0.15) is 22.5 Å². The first-order valence-electron chi connectivity index (χ1n) is 7.94. The predicted octanol–water partition coefficient (Wildman–Crippen LogP) is 2.08. The van der Waals surface area contributed by atoms with Crippen LogP contribution >= 0.6 is 11.6 Å². The minimum Gasteiger partial charge on any atom is -0.464 e. The molecular weight excluding hydrogens is 394 g/mol. The van der Waals surface area contributed by atoms with Crippen LogP contribution in [0.3, 0.4) is 0 Å². The number of benzene rings is 1. The van der Waals surface area contributed by atoms with Crippen LogP contribution in [-0.4, -0.2) is 38.5 Å². The molecule has 1 aromatic heterocycles. The molecule has 2 N–H and O–H groups in total. The van der Waals surface area contributed by atoms with Crippen molar-refractivity contribution in [2.24, 2.45) is 7.05 Å². The molecule has 8 nitrogen and oxygen atoms in total. The number of esters is 1. The number of ether oxygens (including phenoxy) is 1. The molecule has 1 heterocycles. The van der Waals surface area contributed by atoms with Gasteiger partial charge >= 0.3 is 5.97 Å². The zero-order chi connectivity index (χ0) is 20.2. The molecule has 0 spiro atoms. The zero-order valence-electron chi connectivity index (χ0n) is 15.1. The molecule has 2 aromatic rings. The molecule has 0 radical (unpaired) electrons. The van der Waals surface area contributed by atoms with Crippen molar-refractivity contribution >= 4 is 39.2 Å². The van der Waals surface area contributed by atoms with E-state index in [0.717, 1.165) is 5.56 Å². The molecule has 146 valence electrons. The van der Waals surface area contributed by atoms with Crippen LogP contribution < -0.4 is 10.0 Å². The summed E-state index contributed by atoms with van der Waals surface area (Å²) in [5.74, 6) is -1.03. The lowest BCUT2D eigenvalue weighted by molar-refractivity contribution is -0.116. The lowest BCUT2D eigenvalue weighted by atomic mass is 10.2. The van der Waals surface area contributed by atoms with Gasteiger partial charge in [-0.25, -0.2) is 17.9 Å². The average molecular weight is 414 g/mol. The molecule has 0 fully saturated rings. The van der Waals surface area contributed by atoms with E-state index in [4.69, 9.17) is 11.6 Å². The summed E-state index contributed by atoms with van der Waals surface area (Å²) in [6.45, 7) is 1.77. The molecule has 2 rings (SSSR count). The highest BCUT2D eigenvalue weighted by Crippen LogP contribution is 2.22. The average Bonchev–Trinajstić information content (AvgIpc) is 2.99. The molecule has 1 amide bonds. The Kier molecular flexibility index (Phi) is 6.63. The number of hydrogen-bond donors (Lipinski definition) is 2. The maximum Gasteiger partial charge on any atom is 0.354 e. The number of amides is 1. The van der Waals surface area contributed by atoms with E-state index < -0.39 is 16.0 Å². The van der Waals surface area contributed by atoms with Crippen molar-refractivity contribution in [2.45, 2.75) is 18.2 Å². The number of carbonyl (C=O) groups excluding carboxylic acids is 2. The Bertz CT molecular complexity index is 969. The van der Waals surface area contributed by atoms with Gasteiger partial charge in [0.25, 0.3) is 0 Å². The maximum absolute atomic E-state index is 12.3. The fourth-order valence-electron chi connectivity index (χ4n) is 2.31. The van der Waals surface area contributed by atoms with Gasteiger partial charge in [0.05, 0.1) is 17.8 Å². The minimum absolute atomic E-state index is 0.0832. The predicted molar refractivity (Wildman–Crippen MR) is 101 cm³/mol. The van der Waals surface area contributed by atoms with Gasteiger partial charge in [0.1, 0.15) is 10.6 Å². The van der Waals surface area contributed by atoms with Crippen LogP contribution in [0.15, 0.2) is 35.4 Å². The van der Waals surface area contributed by atoms with Gasteiger partial charge in [-0.05, 0) is 30.7 Å². The van der Waals surface area contributed by atoms with Crippen molar-refractivity contribution in [3.05, 3.63) is 46.7 Å². The third kappa shape index (κ3) is 5.31. The standard InChI is InChI=1S/C17H20ClN3O5S/c1-11-4-5-14(13(18)8-11)20-16(22)6-7-19-27(24,25)12-9-15(17(23)26-3)21(2)10-12/h4-5,8-10,19H,6-7H2,1-3H3,(H,20,22). The van der Waals surface area contributed by atoms with E-state index in [1.54, 1.807) is 18.2 Å². The lowest BCUT2D eigenvalue weighted by Gasteiger charge is -2.08. The van der Waals surface area contributed by atoms with Gasteiger partial charge in [-0.15, -0.1) is 0 Å². The second-order valence-corrected chi connectivity index (χ2v) is 8.02. The second kappa shape index (κ2) is 8.55. The molecular formula is C17H20ClN3O5S. The highest BCUT2D eigenvalue weighted by atomic mass is 35.5. The zero-order valence-corrected chi connectivity index (χ0v) is 16.6. The number of aryl methyl sites for hydroxylation is 2. The number of halogens is 1. The number of anilines is 1. The van der Waals surface area contributed by atoms with E-state index in [1.807, 2.05) is 6.92 Å². The number of nitrogens with one attached hydrogen (secondary N) is 2. The minimum atomic E-state index is -3.87.